The van der Waals surface area contributed by atoms with Crippen LogP contribution < -0.4 is 0 Å². The Morgan fingerprint density at radius 1 is 1.25 bits per heavy atom. The lowest BCUT2D eigenvalue weighted by molar-refractivity contribution is -0.159. The summed E-state index contributed by atoms with van der Waals surface area (Å²) in [4.78, 5) is 7.68. The highest BCUT2D eigenvalue weighted by atomic mass is 32.2. The highest BCUT2D eigenvalue weighted by Crippen LogP contribution is 2.31. The quantitative estimate of drug-likeness (QED) is 0.698. The molecule has 126 valence electrons. The van der Waals surface area contributed by atoms with Crippen LogP contribution in [0.4, 0.5) is 13.2 Å². The third-order valence-electron chi connectivity index (χ3n) is 2.90. The van der Waals surface area contributed by atoms with E-state index in [2.05, 4.69) is 19.6 Å². The molecule has 2 aromatic heterocycles. The first-order valence-electron chi connectivity index (χ1n) is 6.37. The van der Waals surface area contributed by atoms with E-state index in [0.29, 0.717) is 0 Å². The van der Waals surface area contributed by atoms with Gasteiger partial charge in [0.1, 0.15) is 0 Å². The second kappa shape index (κ2) is 5.67. The van der Waals surface area contributed by atoms with Crippen LogP contribution in [0.3, 0.4) is 0 Å². The molecule has 0 N–H and O–H groups in total. The highest BCUT2D eigenvalue weighted by molar-refractivity contribution is 7.93. The Kier molecular flexibility index (Phi) is 3.92. The molecule has 0 aliphatic heterocycles. The molecule has 0 radical (unpaired) electrons. The number of sulfone groups is 1. The molecule has 0 aliphatic rings. The van der Waals surface area contributed by atoms with Crippen molar-refractivity contribution in [1.82, 2.24) is 15.1 Å². The number of aromatic nitrogens is 3. The molecule has 24 heavy (non-hydrogen) atoms. The summed E-state index contributed by atoms with van der Waals surface area (Å²) in [5.74, 6) is -1.85. The first-order valence-corrected chi connectivity index (χ1v) is 8.67. The van der Waals surface area contributed by atoms with Gasteiger partial charge in [0.25, 0.3) is 0 Å². The van der Waals surface area contributed by atoms with Gasteiger partial charge in [-0.25, -0.2) is 13.4 Å². The van der Waals surface area contributed by atoms with E-state index in [9.17, 15) is 21.6 Å². The van der Waals surface area contributed by atoms with Crippen molar-refractivity contribution >= 4 is 21.2 Å². The molecule has 0 saturated carbocycles. The van der Waals surface area contributed by atoms with Gasteiger partial charge in [-0.1, -0.05) is 17.3 Å². The fourth-order valence-corrected chi connectivity index (χ4v) is 4.36. The summed E-state index contributed by atoms with van der Waals surface area (Å²) >= 11 is 1.00. The number of aryl methyl sites for hydroxylation is 1. The molecule has 0 atom stereocenters. The summed E-state index contributed by atoms with van der Waals surface area (Å²) in [7, 11) is -3.87. The molecule has 0 aliphatic carbocycles. The lowest BCUT2D eigenvalue weighted by Gasteiger charge is -2.02. The topological polar surface area (TPSA) is 86.0 Å². The molecule has 1 aromatic carbocycles. The predicted octanol–water partition coefficient (Wildman–Crippen LogP) is 3.35. The van der Waals surface area contributed by atoms with Gasteiger partial charge in [-0.05, 0) is 19.1 Å². The Balaban J connectivity index is 2.02. The number of hydrogen-bond acceptors (Lipinski definition) is 7. The standard InChI is InChI=1S/C13H8F3N3O3S2/c1-7-6-17-12(23-7)24(20,21)9-4-2-3-8(5-9)10-18-11(22-19-10)13(14,15)16/h2-6H,1H3. The number of benzene rings is 1. The summed E-state index contributed by atoms with van der Waals surface area (Å²) in [6.07, 6.45) is -3.34. The van der Waals surface area contributed by atoms with Crippen LogP contribution in [0, 0.1) is 6.92 Å². The lowest BCUT2D eigenvalue weighted by atomic mass is 10.2. The first kappa shape index (κ1) is 16.6. The fourth-order valence-electron chi connectivity index (χ4n) is 1.82. The summed E-state index contributed by atoms with van der Waals surface area (Å²) in [5.41, 5.74) is 0.0867. The Hall–Kier alpha value is -2.27. The molecule has 0 unspecified atom stereocenters. The zero-order valence-corrected chi connectivity index (χ0v) is 13.5. The second-order valence-electron chi connectivity index (χ2n) is 4.69. The SMILES string of the molecule is Cc1cnc(S(=O)(=O)c2cccc(-c3noc(C(F)(F)F)n3)c2)s1. The molecule has 6 nitrogen and oxygen atoms in total. The van der Waals surface area contributed by atoms with Crippen molar-refractivity contribution in [3.63, 3.8) is 0 Å². The van der Waals surface area contributed by atoms with Crippen LogP contribution in [0.1, 0.15) is 10.8 Å². The third-order valence-corrected chi connectivity index (χ3v) is 5.96. The zero-order chi connectivity index (χ0) is 17.5. The molecule has 2 heterocycles. The normalized spacial score (nSPS) is 12.5. The van der Waals surface area contributed by atoms with Gasteiger partial charge < -0.3 is 4.52 Å². The van der Waals surface area contributed by atoms with Crippen LogP contribution in [-0.4, -0.2) is 23.5 Å². The maximum Gasteiger partial charge on any atom is 0.471 e. The van der Waals surface area contributed by atoms with Gasteiger partial charge >= 0.3 is 12.1 Å². The van der Waals surface area contributed by atoms with Crippen LogP contribution in [0.25, 0.3) is 11.4 Å². The van der Waals surface area contributed by atoms with Crippen LogP contribution >= 0.6 is 11.3 Å². The van der Waals surface area contributed by atoms with Gasteiger partial charge in [-0.3, -0.25) is 0 Å². The minimum Gasteiger partial charge on any atom is -0.329 e. The smallest absolute Gasteiger partial charge is 0.329 e. The summed E-state index contributed by atoms with van der Waals surface area (Å²) in [6.45, 7) is 1.71. The van der Waals surface area contributed by atoms with Crippen LogP contribution in [-0.2, 0) is 16.0 Å². The number of thiazole rings is 1. The second-order valence-corrected chi connectivity index (χ2v) is 8.05. The highest BCUT2D eigenvalue weighted by Gasteiger charge is 2.38. The lowest BCUT2D eigenvalue weighted by Crippen LogP contribution is -2.05. The van der Waals surface area contributed by atoms with Gasteiger partial charge in [-0.15, -0.1) is 11.3 Å². The number of hydrogen-bond donors (Lipinski definition) is 0. The van der Waals surface area contributed by atoms with Crippen molar-refractivity contribution in [3.05, 3.63) is 41.2 Å². The average molecular weight is 375 g/mol. The summed E-state index contributed by atoms with van der Waals surface area (Å²) < 4.78 is 66.6. The van der Waals surface area contributed by atoms with Crippen molar-refractivity contribution in [3.8, 4) is 11.4 Å². The van der Waals surface area contributed by atoms with Crippen molar-refractivity contribution in [1.29, 1.82) is 0 Å². The molecular formula is C13H8F3N3O3S2. The molecule has 0 fully saturated rings. The summed E-state index contributed by atoms with van der Waals surface area (Å²) in [6, 6.07) is 5.26. The van der Waals surface area contributed by atoms with Crippen molar-refractivity contribution in [2.24, 2.45) is 0 Å². The Morgan fingerprint density at radius 3 is 2.58 bits per heavy atom. The van der Waals surface area contributed by atoms with Crippen molar-refractivity contribution < 1.29 is 26.1 Å². The molecular weight excluding hydrogens is 367 g/mol. The predicted molar refractivity (Wildman–Crippen MR) is 77.0 cm³/mol. The van der Waals surface area contributed by atoms with Gasteiger partial charge in [0.15, 0.2) is 0 Å². The Bertz CT molecular complexity index is 993. The van der Waals surface area contributed by atoms with E-state index in [0.717, 1.165) is 16.2 Å². The first-order chi connectivity index (χ1) is 11.2. The molecule has 0 spiro atoms. The molecule has 3 rings (SSSR count). The number of nitrogens with zero attached hydrogens (tertiary/aromatic N) is 3. The maximum atomic E-state index is 12.5. The molecule has 0 bridgehead atoms. The van der Waals surface area contributed by atoms with Gasteiger partial charge in [0, 0.05) is 16.6 Å². The van der Waals surface area contributed by atoms with Crippen LogP contribution in [0.15, 0.2) is 44.2 Å². The minimum atomic E-state index is -4.77. The van der Waals surface area contributed by atoms with E-state index < -0.39 is 21.9 Å². The van der Waals surface area contributed by atoms with Crippen LogP contribution in [0.5, 0.6) is 0 Å². The van der Waals surface area contributed by atoms with E-state index in [1.165, 1.54) is 30.5 Å². The molecule has 11 heteroatoms. The van der Waals surface area contributed by atoms with Crippen molar-refractivity contribution in [2.45, 2.75) is 22.3 Å². The molecule has 0 saturated heterocycles. The van der Waals surface area contributed by atoms with Crippen molar-refractivity contribution in [2.75, 3.05) is 0 Å². The van der Waals surface area contributed by atoms with E-state index >= 15 is 0 Å². The number of rotatable bonds is 3. The number of alkyl halides is 3. The molecule has 0 amide bonds. The maximum absolute atomic E-state index is 12.5. The Labute approximate surface area is 137 Å². The zero-order valence-electron chi connectivity index (χ0n) is 11.9. The van der Waals surface area contributed by atoms with E-state index in [4.69, 9.17) is 0 Å². The minimum absolute atomic E-state index is 0.0867. The monoisotopic (exact) mass is 375 g/mol. The number of halogens is 3. The van der Waals surface area contributed by atoms with E-state index in [1.54, 1.807) is 6.92 Å². The van der Waals surface area contributed by atoms with Crippen LogP contribution in [0.2, 0.25) is 0 Å². The van der Waals surface area contributed by atoms with E-state index in [1.807, 2.05) is 0 Å². The fraction of sp³-hybridized carbons (Fsp3) is 0.154. The summed E-state index contributed by atoms with van der Waals surface area (Å²) in [5, 5.41) is 3.24. The largest absolute Gasteiger partial charge is 0.471 e. The average Bonchev–Trinajstić information content (AvgIpc) is 3.16. The molecule has 3 aromatic rings. The third kappa shape index (κ3) is 3.04. The Morgan fingerprint density at radius 2 is 2.00 bits per heavy atom. The van der Waals surface area contributed by atoms with Gasteiger partial charge in [0.05, 0.1) is 4.90 Å². The van der Waals surface area contributed by atoms with Gasteiger partial charge in [-0.2, -0.15) is 18.2 Å². The van der Waals surface area contributed by atoms with E-state index in [-0.39, 0.29) is 20.6 Å². The van der Waals surface area contributed by atoms with Gasteiger partial charge in [0.2, 0.25) is 20.0 Å².